The summed E-state index contributed by atoms with van der Waals surface area (Å²) in [5.74, 6) is 1.46. The fourth-order valence-electron chi connectivity index (χ4n) is 2.82. The van der Waals surface area contributed by atoms with E-state index in [0.29, 0.717) is 5.89 Å². The van der Waals surface area contributed by atoms with E-state index >= 15 is 0 Å². The molecule has 2 rings (SSSR count). The molecular weight excluding hydrogens is 308 g/mol. The molecule has 1 atom stereocenters. The second kappa shape index (κ2) is 7.96. The highest BCUT2D eigenvalue weighted by molar-refractivity contribution is 5.68. The number of nitrogens with one attached hydrogen (secondary N) is 1. The maximum Gasteiger partial charge on any atom is 0.407 e. The number of carbonyl (C=O) groups excluding carboxylic acids is 1. The van der Waals surface area contributed by atoms with Crippen LogP contribution in [0.4, 0.5) is 4.79 Å². The van der Waals surface area contributed by atoms with E-state index in [1.807, 2.05) is 20.8 Å². The van der Waals surface area contributed by atoms with Gasteiger partial charge in [0.15, 0.2) is 5.82 Å². The molecule has 2 heterocycles. The molecular formula is C17H30N4O3. The number of rotatable bonds is 5. The van der Waals surface area contributed by atoms with Gasteiger partial charge in [-0.2, -0.15) is 4.98 Å². The van der Waals surface area contributed by atoms with E-state index in [1.165, 1.54) is 0 Å². The van der Waals surface area contributed by atoms with Gasteiger partial charge in [0.25, 0.3) is 0 Å². The van der Waals surface area contributed by atoms with Gasteiger partial charge in [0.2, 0.25) is 5.89 Å². The van der Waals surface area contributed by atoms with Crippen LogP contribution in [0.3, 0.4) is 0 Å². The van der Waals surface area contributed by atoms with E-state index in [2.05, 4.69) is 34.2 Å². The van der Waals surface area contributed by atoms with Crippen LogP contribution in [0, 0.1) is 0 Å². The summed E-state index contributed by atoms with van der Waals surface area (Å²) in [6.45, 7) is 11.6. The number of alkyl carbamates (subject to hydrolysis) is 1. The van der Waals surface area contributed by atoms with Crippen LogP contribution in [0.2, 0.25) is 0 Å². The zero-order valence-electron chi connectivity index (χ0n) is 15.5. The van der Waals surface area contributed by atoms with E-state index in [1.54, 1.807) is 0 Å². The first-order valence-electron chi connectivity index (χ1n) is 8.84. The molecule has 1 saturated heterocycles. The molecule has 0 aromatic carbocycles. The molecule has 24 heavy (non-hydrogen) atoms. The van der Waals surface area contributed by atoms with Crippen molar-refractivity contribution in [2.45, 2.75) is 78.0 Å². The first-order chi connectivity index (χ1) is 11.3. The van der Waals surface area contributed by atoms with Gasteiger partial charge in [0.1, 0.15) is 5.60 Å². The second-order valence-electron chi connectivity index (χ2n) is 7.43. The molecule has 1 aliphatic heterocycles. The molecule has 1 fully saturated rings. The minimum absolute atomic E-state index is 0.102. The summed E-state index contributed by atoms with van der Waals surface area (Å²) in [4.78, 5) is 18.6. The van der Waals surface area contributed by atoms with E-state index in [4.69, 9.17) is 9.26 Å². The summed E-state index contributed by atoms with van der Waals surface area (Å²) < 4.78 is 10.7. The monoisotopic (exact) mass is 338 g/mol. The molecule has 1 unspecified atom stereocenters. The maximum atomic E-state index is 11.8. The van der Waals surface area contributed by atoms with Crippen LogP contribution in [0.5, 0.6) is 0 Å². The average Bonchev–Trinajstić information content (AvgIpc) is 2.94. The Morgan fingerprint density at radius 1 is 1.42 bits per heavy atom. The van der Waals surface area contributed by atoms with Gasteiger partial charge in [-0.1, -0.05) is 12.1 Å². The topological polar surface area (TPSA) is 80.5 Å². The van der Waals surface area contributed by atoms with Gasteiger partial charge >= 0.3 is 6.09 Å². The number of carbonyl (C=O) groups is 1. The standard InChI is InChI=1S/C17H30N4O3/c1-6-7-14-19-15(24-20-14)12(2)21-10-8-13(9-11-21)18-16(22)23-17(3,4)5/h12-13H,6-11H2,1-5H3,(H,18,22). The van der Waals surface area contributed by atoms with Crippen LogP contribution < -0.4 is 5.32 Å². The van der Waals surface area contributed by atoms with E-state index in [0.717, 1.165) is 44.6 Å². The van der Waals surface area contributed by atoms with Gasteiger partial charge in [-0.15, -0.1) is 0 Å². The second-order valence-corrected chi connectivity index (χ2v) is 7.43. The minimum atomic E-state index is -0.465. The third kappa shape index (κ3) is 5.47. The Morgan fingerprint density at radius 2 is 2.08 bits per heavy atom. The van der Waals surface area contributed by atoms with Crippen molar-refractivity contribution in [1.29, 1.82) is 0 Å². The fourth-order valence-corrected chi connectivity index (χ4v) is 2.82. The molecule has 0 radical (unpaired) electrons. The highest BCUT2D eigenvalue weighted by Crippen LogP contribution is 2.23. The fraction of sp³-hybridized carbons (Fsp3) is 0.824. The lowest BCUT2D eigenvalue weighted by molar-refractivity contribution is 0.0464. The summed E-state index contributed by atoms with van der Waals surface area (Å²) in [6.07, 6.45) is 3.29. The normalized spacial score (nSPS) is 18.4. The number of hydrogen-bond donors (Lipinski definition) is 1. The molecule has 1 aromatic heterocycles. The quantitative estimate of drug-likeness (QED) is 0.888. The van der Waals surface area contributed by atoms with Crippen LogP contribution in [-0.2, 0) is 11.2 Å². The van der Waals surface area contributed by atoms with Gasteiger partial charge in [-0.05, 0) is 47.0 Å². The van der Waals surface area contributed by atoms with Crippen molar-refractivity contribution in [2.75, 3.05) is 13.1 Å². The summed E-state index contributed by atoms with van der Waals surface area (Å²) in [5.41, 5.74) is -0.465. The largest absolute Gasteiger partial charge is 0.444 e. The molecule has 0 spiro atoms. The van der Waals surface area contributed by atoms with Crippen LogP contribution in [0.25, 0.3) is 0 Å². The molecule has 0 aliphatic carbocycles. The van der Waals surface area contributed by atoms with Crippen molar-refractivity contribution < 1.29 is 14.1 Å². The lowest BCUT2D eigenvalue weighted by atomic mass is 10.0. The summed E-state index contributed by atoms with van der Waals surface area (Å²) in [5, 5.41) is 6.98. The Balaban J connectivity index is 1.80. The third-order valence-electron chi connectivity index (χ3n) is 4.11. The molecule has 0 bridgehead atoms. The van der Waals surface area contributed by atoms with Gasteiger partial charge in [-0.25, -0.2) is 4.79 Å². The van der Waals surface area contributed by atoms with Crippen molar-refractivity contribution in [1.82, 2.24) is 20.4 Å². The average molecular weight is 338 g/mol. The lowest BCUT2D eigenvalue weighted by Gasteiger charge is -2.35. The number of nitrogens with zero attached hydrogens (tertiary/aromatic N) is 3. The maximum absolute atomic E-state index is 11.8. The number of piperidine rings is 1. The first kappa shape index (κ1) is 18.7. The number of hydrogen-bond acceptors (Lipinski definition) is 6. The van der Waals surface area contributed by atoms with E-state index in [9.17, 15) is 4.79 Å². The van der Waals surface area contributed by atoms with Crippen LogP contribution in [-0.4, -0.2) is 45.9 Å². The van der Waals surface area contributed by atoms with Crippen molar-refractivity contribution in [3.8, 4) is 0 Å². The number of ether oxygens (including phenoxy) is 1. The highest BCUT2D eigenvalue weighted by atomic mass is 16.6. The molecule has 7 nitrogen and oxygen atoms in total. The molecule has 136 valence electrons. The van der Waals surface area contributed by atoms with Crippen molar-refractivity contribution in [3.05, 3.63) is 11.7 Å². The highest BCUT2D eigenvalue weighted by Gasteiger charge is 2.28. The minimum Gasteiger partial charge on any atom is -0.444 e. The SMILES string of the molecule is CCCc1noc(C(C)N2CCC(NC(=O)OC(C)(C)C)CC2)n1. The Morgan fingerprint density at radius 3 is 2.67 bits per heavy atom. The first-order valence-corrected chi connectivity index (χ1v) is 8.84. The van der Waals surface area contributed by atoms with E-state index in [-0.39, 0.29) is 18.2 Å². The van der Waals surface area contributed by atoms with Crippen LogP contribution in [0.15, 0.2) is 4.52 Å². The van der Waals surface area contributed by atoms with Crippen molar-refractivity contribution in [2.24, 2.45) is 0 Å². The molecule has 1 amide bonds. The van der Waals surface area contributed by atoms with Gasteiger partial charge < -0.3 is 14.6 Å². The van der Waals surface area contributed by atoms with Crippen LogP contribution >= 0.6 is 0 Å². The molecule has 7 heteroatoms. The van der Waals surface area contributed by atoms with E-state index < -0.39 is 5.60 Å². The summed E-state index contributed by atoms with van der Waals surface area (Å²) >= 11 is 0. The number of aryl methyl sites for hydroxylation is 1. The Hall–Kier alpha value is -1.63. The number of amides is 1. The molecule has 1 aliphatic rings. The Labute approximate surface area is 144 Å². The van der Waals surface area contributed by atoms with Crippen molar-refractivity contribution in [3.63, 3.8) is 0 Å². The summed E-state index contributed by atoms with van der Waals surface area (Å²) in [7, 11) is 0. The zero-order valence-corrected chi connectivity index (χ0v) is 15.5. The molecule has 1 N–H and O–H groups in total. The van der Waals surface area contributed by atoms with Crippen molar-refractivity contribution >= 4 is 6.09 Å². The predicted molar refractivity (Wildman–Crippen MR) is 90.7 cm³/mol. The Bertz CT molecular complexity index is 530. The number of likely N-dealkylation sites (tertiary alicyclic amines) is 1. The third-order valence-corrected chi connectivity index (χ3v) is 4.11. The smallest absolute Gasteiger partial charge is 0.407 e. The summed E-state index contributed by atoms with van der Waals surface area (Å²) in [6, 6.07) is 0.257. The zero-order chi connectivity index (χ0) is 17.7. The van der Waals surface area contributed by atoms with Gasteiger partial charge in [0, 0.05) is 25.6 Å². The molecule has 0 saturated carbocycles. The molecule has 1 aromatic rings. The van der Waals surface area contributed by atoms with Crippen LogP contribution in [0.1, 0.15) is 71.6 Å². The Kier molecular flexibility index (Phi) is 6.21. The van der Waals surface area contributed by atoms with Gasteiger partial charge in [-0.3, -0.25) is 4.90 Å². The lowest BCUT2D eigenvalue weighted by Crippen LogP contribution is -2.46. The predicted octanol–water partition coefficient (Wildman–Crippen LogP) is 3.07. The van der Waals surface area contributed by atoms with Gasteiger partial charge in [0.05, 0.1) is 6.04 Å². The number of aromatic nitrogens is 2.